The minimum absolute atomic E-state index is 0.00412. The number of aromatic amines is 1. The molecule has 1 atom stereocenters. The molecule has 5 fully saturated rings. The first-order valence-corrected chi connectivity index (χ1v) is 28.7. The lowest BCUT2D eigenvalue weighted by Crippen LogP contribution is -2.71. The van der Waals surface area contributed by atoms with E-state index in [1.165, 1.54) is 10.6 Å². The van der Waals surface area contributed by atoms with Crippen molar-refractivity contribution in [3.05, 3.63) is 89.8 Å². The van der Waals surface area contributed by atoms with E-state index in [1.54, 1.807) is 11.2 Å². The average molecular weight is 965 g/mol. The molecule has 3 aromatic carbocycles. The second kappa shape index (κ2) is 18.2. The minimum Gasteiger partial charge on any atom is -0.369 e. The Morgan fingerprint density at radius 1 is 0.886 bits per heavy atom. The first-order valence-electron chi connectivity index (χ1n) is 25.0. The summed E-state index contributed by atoms with van der Waals surface area (Å²) < 4.78 is 11.1. The summed E-state index contributed by atoms with van der Waals surface area (Å²) in [5.41, 5.74) is 8.83. The van der Waals surface area contributed by atoms with Gasteiger partial charge in [0, 0.05) is 131 Å². The molecule has 0 radical (unpaired) electrons. The van der Waals surface area contributed by atoms with Crippen molar-refractivity contribution in [1.82, 2.24) is 45.1 Å². The number of likely N-dealkylation sites (tertiary alicyclic amines) is 1. The Hall–Kier alpha value is -6.21. The van der Waals surface area contributed by atoms with E-state index in [0.29, 0.717) is 37.5 Å². The number of amides is 4. The first-order chi connectivity index (χ1) is 33.7. The second-order valence-electron chi connectivity index (χ2n) is 21.6. The summed E-state index contributed by atoms with van der Waals surface area (Å²) in [5.74, 6) is 0.0460. The van der Waals surface area contributed by atoms with Crippen LogP contribution in [0.2, 0.25) is 25.7 Å². The van der Waals surface area contributed by atoms with E-state index < -0.39 is 8.07 Å². The Balaban J connectivity index is 0.652. The largest absolute Gasteiger partial charge is 0.369 e. The van der Waals surface area contributed by atoms with Gasteiger partial charge in [-0.2, -0.15) is 4.98 Å². The third-order valence-electron chi connectivity index (χ3n) is 15.4. The molecule has 70 heavy (non-hydrogen) atoms. The first kappa shape index (κ1) is 46.2. The summed E-state index contributed by atoms with van der Waals surface area (Å²) >= 11 is 0. The van der Waals surface area contributed by atoms with Crippen molar-refractivity contribution in [2.45, 2.75) is 89.3 Å². The molecule has 0 bridgehead atoms. The zero-order valence-electron chi connectivity index (χ0n) is 41.2. The molecule has 4 amide bonds. The fourth-order valence-corrected chi connectivity index (χ4v) is 11.2. The number of hydrogen-bond donors (Lipinski definition) is 2. The van der Waals surface area contributed by atoms with Gasteiger partial charge >= 0.3 is 17.8 Å². The number of rotatable bonds is 15. The molecule has 1 aliphatic carbocycles. The highest BCUT2D eigenvalue weighted by molar-refractivity contribution is 6.76. The van der Waals surface area contributed by atoms with Gasteiger partial charge < -0.3 is 29.4 Å². The molecule has 0 unspecified atom stereocenters. The van der Waals surface area contributed by atoms with Crippen LogP contribution in [0.25, 0.3) is 33.2 Å². The fraction of sp³-hybridized carbons (Fsp3) is 0.481. The zero-order valence-corrected chi connectivity index (χ0v) is 42.2. The molecule has 5 aliphatic rings. The predicted molar refractivity (Wildman–Crippen MR) is 273 cm³/mol. The SMILES string of the molecule is Cc1cc(-c2ncnc3[nH]c4cc(N5CCN(C6CN(C7CN(c8ccc(N9CCC(=O)N(COCC[Si](C)(C)C)C9=O)cc8)C7)C6)CC5)ccc4c23)ccc1[C@@H](C)NC(=O)c1nc(C2(C)CC2)no1. The highest BCUT2D eigenvalue weighted by Gasteiger charge is 2.44. The van der Waals surface area contributed by atoms with E-state index in [-0.39, 0.29) is 41.9 Å². The lowest BCUT2D eigenvalue weighted by Gasteiger charge is -2.55. The summed E-state index contributed by atoms with van der Waals surface area (Å²) in [7, 11) is -1.26. The van der Waals surface area contributed by atoms with E-state index in [2.05, 4.69) is 127 Å². The Bertz CT molecular complexity index is 2940. The molecule has 17 nitrogen and oxygen atoms in total. The van der Waals surface area contributed by atoms with Crippen LogP contribution >= 0.6 is 0 Å². The number of nitrogens with zero attached hydrogens (tertiary/aromatic N) is 10. The third kappa shape index (κ3) is 9.05. The topological polar surface area (TPSA) is 172 Å². The zero-order chi connectivity index (χ0) is 48.5. The molecule has 0 spiro atoms. The standard InChI is InChI=1S/C52H64N12O5Si/c1-33-25-35(7-13-41(33)34(2)55-48(66)49-57-50(58-69-49)52(3)16-17-52)46-45-42-14-12-38(26-43(42)56-47(45)54-31-53-46)59-19-21-60(22-20-59)39-27-62(28-39)40-29-61(30-40)36-8-10-37(11-9-36)63-18-15-44(65)64(51(63)67)32-68-23-24-70(4,5)6/h7-14,25-26,31,34,39-40H,15-24,27-30,32H2,1-6H3,(H,55,66)(H,53,54,56)/t34-/m1/s1. The van der Waals surface area contributed by atoms with Crippen LogP contribution < -0.4 is 20.0 Å². The van der Waals surface area contributed by atoms with Crippen LogP contribution in [0.1, 0.15) is 66.8 Å². The van der Waals surface area contributed by atoms with Crippen LogP contribution in [-0.4, -0.2) is 150 Å². The van der Waals surface area contributed by atoms with Gasteiger partial charge in [0.15, 0.2) is 5.82 Å². The molecule has 2 N–H and O–H groups in total. The molecule has 6 aromatic rings. The molecular formula is C52H64N12O5Si. The van der Waals surface area contributed by atoms with Crippen LogP contribution in [0.4, 0.5) is 21.9 Å². The summed E-state index contributed by atoms with van der Waals surface area (Å²) in [6, 6.07) is 22.7. The Kier molecular flexibility index (Phi) is 12.0. The van der Waals surface area contributed by atoms with Crippen molar-refractivity contribution >= 4 is 64.9 Å². The molecule has 7 heterocycles. The van der Waals surface area contributed by atoms with Crippen LogP contribution in [0.15, 0.2) is 71.5 Å². The number of fused-ring (bicyclic) bond motifs is 3. The number of imide groups is 1. The summed E-state index contributed by atoms with van der Waals surface area (Å²) in [6.45, 7) is 22.1. The highest BCUT2D eigenvalue weighted by Crippen LogP contribution is 2.46. The van der Waals surface area contributed by atoms with Crippen LogP contribution in [0.5, 0.6) is 0 Å². The fourth-order valence-electron chi connectivity index (χ4n) is 10.4. The number of piperazine rings is 1. The molecule has 1 saturated carbocycles. The van der Waals surface area contributed by atoms with Crippen molar-refractivity contribution in [2.75, 3.05) is 86.9 Å². The Morgan fingerprint density at radius 3 is 2.34 bits per heavy atom. The normalized spacial score (nSPS) is 19.8. The highest BCUT2D eigenvalue weighted by atomic mass is 28.3. The van der Waals surface area contributed by atoms with E-state index in [4.69, 9.17) is 14.2 Å². The lowest BCUT2D eigenvalue weighted by atomic mass is 9.97. The maximum atomic E-state index is 13.3. The van der Waals surface area contributed by atoms with Gasteiger partial charge in [-0.3, -0.25) is 24.3 Å². The van der Waals surface area contributed by atoms with Gasteiger partial charge in [-0.05, 0) is 86.3 Å². The summed E-state index contributed by atoms with van der Waals surface area (Å²) in [5, 5.41) is 9.17. The van der Waals surface area contributed by atoms with E-state index in [1.807, 2.05) is 19.1 Å². The van der Waals surface area contributed by atoms with Crippen molar-refractivity contribution in [1.29, 1.82) is 0 Å². The van der Waals surface area contributed by atoms with Crippen LogP contribution in [0, 0.1) is 6.92 Å². The molecule has 366 valence electrons. The van der Waals surface area contributed by atoms with Crippen molar-refractivity contribution in [3.63, 3.8) is 0 Å². The number of aromatic nitrogens is 5. The third-order valence-corrected chi connectivity index (χ3v) is 17.1. The molecule has 18 heteroatoms. The monoisotopic (exact) mass is 964 g/mol. The molecule has 4 saturated heterocycles. The lowest BCUT2D eigenvalue weighted by molar-refractivity contribution is -0.133. The maximum absolute atomic E-state index is 13.3. The van der Waals surface area contributed by atoms with Crippen LogP contribution in [-0.2, 0) is 14.9 Å². The number of anilines is 3. The molecule has 4 aliphatic heterocycles. The summed E-state index contributed by atoms with van der Waals surface area (Å²) in [6.07, 6.45) is 3.92. The van der Waals surface area contributed by atoms with Gasteiger partial charge in [-0.1, -0.05) is 49.9 Å². The van der Waals surface area contributed by atoms with Crippen molar-refractivity contribution < 1.29 is 23.6 Å². The predicted octanol–water partition coefficient (Wildman–Crippen LogP) is 7.18. The number of benzene rings is 3. The number of carbonyl (C=O) groups is 3. The maximum Gasteiger partial charge on any atom is 0.333 e. The number of urea groups is 1. The molecule has 3 aromatic heterocycles. The van der Waals surface area contributed by atoms with Crippen molar-refractivity contribution in [3.8, 4) is 11.3 Å². The van der Waals surface area contributed by atoms with E-state index in [0.717, 1.165) is 127 Å². The Labute approximate surface area is 409 Å². The smallest absolute Gasteiger partial charge is 0.333 e. The molecular weight excluding hydrogens is 901 g/mol. The number of ether oxygens (including phenoxy) is 1. The van der Waals surface area contributed by atoms with Crippen LogP contribution in [0.3, 0.4) is 0 Å². The second-order valence-corrected chi connectivity index (χ2v) is 27.2. The van der Waals surface area contributed by atoms with E-state index >= 15 is 0 Å². The number of nitrogens with one attached hydrogen (secondary N) is 2. The summed E-state index contributed by atoms with van der Waals surface area (Å²) in [4.78, 5) is 69.5. The van der Waals surface area contributed by atoms with Gasteiger partial charge in [0.1, 0.15) is 18.7 Å². The average Bonchev–Trinajstić information content (AvgIpc) is 3.67. The number of aryl methyl sites for hydroxylation is 1. The van der Waals surface area contributed by atoms with Gasteiger partial charge in [-0.15, -0.1) is 0 Å². The quantitative estimate of drug-likeness (QED) is 0.0784. The number of H-pyrrole nitrogens is 1. The van der Waals surface area contributed by atoms with Gasteiger partial charge in [0.2, 0.25) is 5.91 Å². The van der Waals surface area contributed by atoms with Gasteiger partial charge in [0.25, 0.3) is 0 Å². The minimum atomic E-state index is -1.26. The van der Waals surface area contributed by atoms with Crippen molar-refractivity contribution in [2.24, 2.45) is 0 Å². The van der Waals surface area contributed by atoms with E-state index in [9.17, 15) is 14.4 Å². The van der Waals surface area contributed by atoms with Gasteiger partial charge in [0.05, 0.1) is 17.1 Å². The molecule has 11 rings (SSSR count). The number of carbonyl (C=O) groups excluding carboxylic acids is 3. The number of hydrogen-bond acceptors (Lipinski definition) is 13. The van der Waals surface area contributed by atoms with Gasteiger partial charge in [-0.25, -0.2) is 19.7 Å². The Morgan fingerprint density at radius 2 is 1.61 bits per heavy atom.